The Bertz CT molecular complexity index is 433. The first kappa shape index (κ1) is 17.0. The Balaban J connectivity index is 3.02. The summed E-state index contributed by atoms with van der Waals surface area (Å²) in [5.74, 6) is 0.264. The van der Waals surface area contributed by atoms with E-state index < -0.39 is 5.54 Å². The predicted octanol–water partition coefficient (Wildman–Crippen LogP) is 4.62. The van der Waals surface area contributed by atoms with Gasteiger partial charge in [-0.25, -0.2) is 4.79 Å². The molecular formula is C16H24BrNO2. The van der Waals surface area contributed by atoms with E-state index in [4.69, 9.17) is 4.74 Å². The van der Waals surface area contributed by atoms with Crippen LogP contribution in [0.4, 0.5) is 5.69 Å². The van der Waals surface area contributed by atoms with E-state index in [0.29, 0.717) is 12.3 Å². The topological polar surface area (TPSA) is 38.3 Å². The number of halogens is 1. The van der Waals surface area contributed by atoms with Crippen LogP contribution < -0.4 is 5.32 Å². The molecule has 0 heterocycles. The molecule has 1 N–H and O–H groups in total. The number of nitrogens with one attached hydrogen (secondary N) is 1. The Morgan fingerprint density at radius 2 is 1.95 bits per heavy atom. The molecular weight excluding hydrogens is 318 g/mol. The van der Waals surface area contributed by atoms with Crippen molar-refractivity contribution >= 4 is 27.6 Å². The minimum Gasteiger partial charge on any atom is -0.467 e. The van der Waals surface area contributed by atoms with Gasteiger partial charge in [0.1, 0.15) is 5.54 Å². The number of esters is 1. The van der Waals surface area contributed by atoms with Crippen LogP contribution >= 0.6 is 15.9 Å². The molecule has 3 nitrogen and oxygen atoms in total. The first-order chi connectivity index (χ1) is 9.47. The lowest BCUT2D eigenvalue weighted by Crippen LogP contribution is -2.48. The van der Waals surface area contributed by atoms with E-state index >= 15 is 0 Å². The van der Waals surface area contributed by atoms with Crippen LogP contribution in [0.2, 0.25) is 0 Å². The fraction of sp³-hybridized carbons (Fsp3) is 0.562. The quantitative estimate of drug-likeness (QED) is 0.735. The van der Waals surface area contributed by atoms with Crippen LogP contribution in [-0.2, 0) is 9.53 Å². The number of ether oxygens (including phenoxy) is 1. The predicted molar refractivity (Wildman–Crippen MR) is 86.9 cm³/mol. The van der Waals surface area contributed by atoms with Crippen molar-refractivity contribution in [2.75, 3.05) is 12.4 Å². The molecule has 1 rings (SSSR count). The number of carbonyl (C=O) groups excluding carboxylic acids is 1. The van der Waals surface area contributed by atoms with E-state index in [-0.39, 0.29) is 5.97 Å². The van der Waals surface area contributed by atoms with Gasteiger partial charge in [0.15, 0.2) is 0 Å². The Morgan fingerprint density at radius 3 is 2.40 bits per heavy atom. The summed E-state index contributed by atoms with van der Waals surface area (Å²) in [6.45, 7) is 6.32. The lowest BCUT2D eigenvalue weighted by atomic mass is 9.84. The van der Waals surface area contributed by atoms with Crippen LogP contribution in [0.3, 0.4) is 0 Å². The summed E-state index contributed by atoms with van der Waals surface area (Å²) in [5.41, 5.74) is 0.279. The van der Waals surface area contributed by atoms with Crippen molar-refractivity contribution in [2.24, 2.45) is 5.92 Å². The molecule has 2 atom stereocenters. The highest BCUT2D eigenvalue weighted by Crippen LogP contribution is 2.29. The molecule has 0 radical (unpaired) electrons. The summed E-state index contributed by atoms with van der Waals surface area (Å²) < 4.78 is 6.06. The van der Waals surface area contributed by atoms with E-state index in [1.54, 1.807) is 0 Å². The molecule has 0 aliphatic rings. The molecule has 1 aromatic carbocycles. The van der Waals surface area contributed by atoms with E-state index in [9.17, 15) is 4.79 Å². The second kappa shape index (κ2) is 7.67. The van der Waals surface area contributed by atoms with Gasteiger partial charge in [0.05, 0.1) is 7.11 Å². The third-order valence-electron chi connectivity index (χ3n) is 3.80. The first-order valence-corrected chi connectivity index (χ1v) is 7.89. The monoisotopic (exact) mass is 341 g/mol. The molecule has 2 unspecified atom stereocenters. The van der Waals surface area contributed by atoms with E-state index in [1.807, 2.05) is 31.2 Å². The van der Waals surface area contributed by atoms with Crippen molar-refractivity contribution in [3.63, 3.8) is 0 Å². The minimum absolute atomic E-state index is 0.191. The third-order valence-corrected chi connectivity index (χ3v) is 4.33. The highest BCUT2D eigenvalue weighted by molar-refractivity contribution is 9.10. The number of benzene rings is 1. The zero-order valence-corrected chi connectivity index (χ0v) is 14.3. The lowest BCUT2D eigenvalue weighted by molar-refractivity contribution is -0.146. The maximum atomic E-state index is 12.3. The summed E-state index contributed by atoms with van der Waals surface area (Å²) in [7, 11) is 1.45. The van der Waals surface area contributed by atoms with Crippen molar-refractivity contribution < 1.29 is 9.53 Å². The molecule has 0 amide bonds. The molecule has 0 bridgehead atoms. The van der Waals surface area contributed by atoms with Gasteiger partial charge in [0.2, 0.25) is 0 Å². The van der Waals surface area contributed by atoms with E-state index in [1.165, 1.54) is 7.11 Å². The molecule has 20 heavy (non-hydrogen) atoms. The SMILES string of the molecule is CCC(C)CC(CC)(Nc1ccc(Br)cc1)C(=O)OC. The number of anilines is 1. The number of carbonyl (C=O) groups is 1. The highest BCUT2D eigenvalue weighted by atomic mass is 79.9. The number of methoxy groups -OCH3 is 1. The molecule has 0 aromatic heterocycles. The first-order valence-electron chi connectivity index (χ1n) is 7.09. The van der Waals surface area contributed by atoms with Crippen LogP contribution in [0.1, 0.15) is 40.0 Å². The molecule has 0 aliphatic carbocycles. The van der Waals surface area contributed by atoms with Gasteiger partial charge in [-0.3, -0.25) is 0 Å². The van der Waals surface area contributed by atoms with Crippen molar-refractivity contribution in [1.29, 1.82) is 0 Å². The molecule has 0 spiro atoms. The lowest BCUT2D eigenvalue weighted by Gasteiger charge is -2.34. The van der Waals surface area contributed by atoms with E-state index in [0.717, 1.165) is 23.0 Å². The largest absolute Gasteiger partial charge is 0.467 e. The van der Waals surface area contributed by atoms with Crippen LogP contribution in [0.15, 0.2) is 28.7 Å². The van der Waals surface area contributed by atoms with Crippen molar-refractivity contribution in [3.8, 4) is 0 Å². The molecule has 0 fully saturated rings. The average molecular weight is 342 g/mol. The Labute approximate surface area is 130 Å². The summed E-state index contributed by atoms with van der Waals surface area (Å²) in [6.07, 6.45) is 2.50. The number of hydrogen-bond donors (Lipinski definition) is 1. The maximum absolute atomic E-state index is 12.3. The van der Waals surface area contributed by atoms with Crippen LogP contribution in [0.25, 0.3) is 0 Å². The van der Waals surface area contributed by atoms with Crippen LogP contribution in [0, 0.1) is 5.92 Å². The smallest absolute Gasteiger partial charge is 0.331 e. The highest BCUT2D eigenvalue weighted by Gasteiger charge is 2.38. The number of hydrogen-bond acceptors (Lipinski definition) is 3. The summed E-state index contributed by atoms with van der Waals surface area (Å²) in [4.78, 5) is 12.3. The van der Waals surface area contributed by atoms with Crippen molar-refractivity contribution in [1.82, 2.24) is 0 Å². The Hall–Kier alpha value is -1.03. The molecule has 0 aliphatic heterocycles. The van der Waals surface area contributed by atoms with Gasteiger partial charge in [0, 0.05) is 10.2 Å². The summed E-state index contributed by atoms with van der Waals surface area (Å²) in [6, 6.07) is 7.86. The average Bonchev–Trinajstić information content (AvgIpc) is 2.47. The molecule has 0 saturated carbocycles. The number of rotatable bonds is 7. The van der Waals surface area contributed by atoms with Gasteiger partial charge in [-0.2, -0.15) is 0 Å². The van der Waals surface area contributed by atoms with Crippen molar-refractivity contribution in [2.45, 2.75) is 45.6 Å². The van der Waals surface area contributed by atoms with Gasteiger partial charge in [-0.1, -0.05) is 43.1 Å². The van der Waals surface area contributed by atoms with Crippen molar-refractivity contribution in [3.05, 3.63) is 28.7 Å². The van der Waals surface area contributed by atoms with Crippen LogP contribution in [-0.4, -0.2) is 18.6 Å². The Kier molecular flexibility index (Phi) is 6.53. The normalized spacial score (nSPS) is 15.2. The van der Waals surface area contributed by atoms with E-state index in [2.05, 4.69) is 35.1 Å². The van der Waals surface area contributed by atoms with Gasteiger partial charge < -0.3 is 10.1 Å². The maximum Gasteiger partial charge on any atom is 0.331 e. The fourth-order valence-electron chi connectivity index (χ4n) is 2.31. The van der Waals surface area contributed by atoms with Crippen LogP contribution in [0.5, 0.6) is 0 Å². The third kappa shape index (κ3) is 4.23. The molecule has 1 aromatic rings. The zero-order valence-electron chi connectivity index (χ0n) is 12.7. The zero-order chi connectivity index (χ0) is 15.2. The molecule has 112 valence electrons. The van der Waals surface area contributed by atoms with Gasteiger partial charge in [0.25, 0.3) is 0 Å². The van der Waals surface area contributed by atoms with Gasteiger partial charge >= 0.3 is 5.97 Å². The standard InChI is InChI=1S/C16H24BrNO2/c1-5-12(3)11-16(6-2,15(19)20-4)18-14-9-7-13(17)8-10-14/h7-10,12,18H,5-6,11H2,1-4H3. The minimum atomic E-state index is -0.655. The summed E-state index contributed by atoms with van der Waals surface area (Å²) >= 11 is 3.42. The van der Waals surface area contributed by atoms with Gasteiger partial charge in [-0.05, 0) is 43.0 Å². The molecule has 0 saturated heterocycles. The second-order valence-corrected chi connectivity index (χ2v) is 6.19. The Morgan fingerprint density at radius 1 is 1.35 bits per heavy atom. The second-order valence-electron chi connectivity index (χ2n) is 5.28. The fourth-order valence-corrected chi connectivity index (χ4v) is 2.57. The van der Waals surface area contributed by atoms with Gasteiger partial charge in [-0.15, -0.1) is 0 Å². The molecule has 4 heteroatoms. The summed E-state index contributed by atoms with van der Waals surface area (Å²) in [5, 5.41) is 3.39.